The fourth-order valence-corrected chi connectivity index (χ4v) is 2.90. The number of rotatable bonds is 0. The van der Waals surface area contributed by atoms with Gasteiger partial charge in [-0.1, -0.05) is 6.07 Å². The Hall–Kier alpha value is -0.960. The number of benzene rings is 1. The maximum Gasteiger partial charge on any atom is 0.224 e. The summed E-state index contributed by atoms with van der Waals surface area (Å²) in [7, 11) is 0. The van der Waals surface area contributed by atoms with Gasteiger partial charge in [-0.15, -0.1) is 11.8 Å². The quantitative estimate of drug-likeness (QED) is 0.729. The Labute approximate surface area is 94.4 Å². The first-order valence-corrected chi connectivity index (χ1v) is 6.19. The smallest absolute Gasteiger partial charge is 0.224 e. The molecule has 1 aromatic carbocycles. The van der Waals surface area contributed by atoms with Gasteiger partial charge in [0.1, 0.15) is 0 Å². The molecule has 0 saturated carbocycles. The van der Waals surface area contributed by atoms with Crippen LogP contribution in [-0.4, -0.2) is 11.7 Å². The number of carbonyl (C=O) groups is 1. The monoisotopic (exact) mass is 221 g/mol. The van der Waals surface area contributed by atoms with Crippen molar-refractivity contribution in [3.63, 3.8) is 0 Å². The van der Waals surface area contributed by atoms with E-state index in [4.69, 9.17) is 0 Å². The molecule has 0 bridgehead atoms. The van der Waals surface area contributed by atoms with E-state index < -0.39 is 0 Å². The van der Waals surface area contributed by atoms with Crippen molar-refractivity contribution in [2.45, 2.75) is 31.6 Å². The van der Waals surface area contributed by atoms with E-state index in [9.17, 15) is 4.79 Å². The lowest BCUT2D eigenvalue weighted by molar-refractivity contribution is -0.116. The van der Waals surface area contributed by atoms with E-state index >= 15 is 0 Å². The van der Waals surface area contributed by atoms with Crippen molar-refractivity contribution < 1.29 is 4.79 Å². The Morgan fingerprint density at radius 2 is 2.13 bits per heavy atom. The van der Waals surface area contributed by atoms with Crippen molar-refractivity contribution in [1.29, 1.82) is 0 Å². The van der Waals surface area contributed by atoms with E-state index in [0.29, 0.717) is 6.42 Å². The molecule has 1 aliphatic rings. The fourth-order valence-electron chi connectivity index (χ4n) is 1.86. The molecule has 0 unspecified atom stereocenters. The van der Waals surface area contributed by atoms with Crippen LogP contribution in [0.4, 0.5) is 5.69 Å². The zero-order chi connectivity index (χ0) is 10.8. The number of hydrogen-bond acceptors (Lipinski definition) is 2. The largest absolute Gasteiger partial charge is 0.325 e. The summed E-state index contributed by atoms with van der Waals surface area (Å²) in [5.41, 5.74) is 3.45. The van der Waals surface area contributed by atoms with Crippen molar-refractivity contribution in [3.05, 3.63) is 23.3 Å². The molecule has 1 N–H and O–H groups in total. The molecule has 80 valence electrons. The van der Waals surface area contributed by atoms with Gasteiger partial charge < -0.3 is 5.32 Å². The third-order valence-electron chi connectivity index (χ3n) is 2.49. The first-order chi connectivity index (χ1) is 7.16. The summed E-state index contributed by atoms with van der Waals surface area (Å²) in [5, 5.41) is 2.98. The minimum Gasteiger partial charge on any atom is -0.325 e. The summed E-state index contributed by atoms with van der Waals surface area (Å²) in [6.45, 7) is 4.16. The van der Waals surface area contributed by atoms with E-state index in [2.05, 4.69) is 31.3 Å². The van der Waals surface area contributed by atoms with E-state index in [1.165, 1.54) is 16.0 Å². The molecule has 0 atom stereocenters. The highest BCUT2D eigenvalue weighted by molar-refractivity contribution is 7.99. The van der Waals surface area contributed by atoms with Crippen LogP contribution in [0.2, 0.25) is 0 Å². The first kappa shape index (κ1) is 10.6. The molecule has 15 heavy (non-hydrogen) atoms. The van der Waals surface area contributed by atoms with Gasteiger partial charge in [-0.3, -0.25) is 4.79 Å². The van der Waals surface area contributed by atoms with Crippen LogP contribution in [0.1, 0.15) is 24.0 Å². The number of fused-ring (bicyclic) bond motifs is 1. The summed E-state index contributed by atoms with van der Waals surface area (Å²) in [6, 6.07) is 4.22. The van der Waals surface area contributed by atoms with Crippen molar-refractivity contribution in [2.75, 3.05) is 11.1 Å². The highest BCUT2D eigenvalue weighted by Crippen LogP contribution is 2.34. The van der Waals surface area contributed by atoms with Crippen molar-refractivity contribution in [3.8, 4) is 0 Å². The second kappa shape index (κ2) is 4.27. The molecular weight excluding hydrogens is 206 g/mol. The Morgan fingerprint density at radius 3 is 2.93 bits per heavy atom. The van der Waals surface area contributed by atoms with E-state index in [1.807, 2.05) is 11.8 Å². The topological polar surface area (TPSA) is 29.1 Å². The van der Waals surface area contributed by atoms with Crippen LogP contribution in [0.3, 0.4) is 0 Å². The third-order valence-corrected chi connectivity index (χ3v) is 3.81. The molecule has 1 heterocycles. The third kappa shape index (κ3) is 2.34. The van der Waals surface area contributed by atoms with Gasteiger partial charge >= 0.3 is 0 Å². The van der Waals surface area contributed by atoms with E-state index in [1.54, 1.807) is 0 Å². The lowest BCUT2D eigenvalue weighted by Gasteiger charge is -2.17. The van der Waals surface area contributed by atoms with Gasteiger partial charge in [0.05, 0.1) is 5.69 Å². The molecule has 0 aliphatic carbocycles. The number of aryl methyl sites for hydroxylation is 2. The second-order valence-corrected chi connectivity index (χ2v) is 5.06. The second-order valence-electron chi connectivity index (χ2n) is 3.96. The summed E-state index contributed by atoms with van der Waals surface area (Å²) < 4.78 is 0. The Kier molecular flexibility index (Phi) is 3.00. The fraction of sp³-hybridized carbons (Fsp3) is 0.417. The van der Waals surface area contributed by atoms with Gasteiger partial charge in [-0.2, -0.15) is 0 Å². The minimum absolute atomic E-state index is 0.140. The molecule has 0 aromatic heterocycles. The molecule has 2 rings (SSSR count). The predicted octanol–water partition coefficient (Wildman–Crippen LogP) is 3.13. The average molecular weight is 221 g/mol. The number of hydrogen-bond donors (Lipinski definition) is 1. The van der Waals surface area contributed by atoms with Crippen molar-refractivity contribution in [2.24, 2.45) is 0 Å². The molecule has 0 radical (unpaired) electrons. The predicted molar refractivity (Wildman–Crippen MR) is 64.5 cm³/mol. The number of amides is 1. The molecule has 2 nitrogen and oxygen atoms in total. The van der Waals surface area contributed by atoms with E-state index in [-0.39, 0.29) is 5.91 Å². The van der Waals surface area contributed by atoms with Gasteiger partial charge in [0.25, 0.3) is 0 Å². The molecular formula is C12H15NOS. The van der Waals surface area contributed by atoms with Gasteiger partial charge in [0.2, 0.25) is 5.91 Å². The van der Waals surface area contributed by atoms with Crippen LogP contribution in [0.5, 0.6) is 0 Å². The molecule has 0 fully saturated rings. The molecule has 0 spiro atoms. The van der Waals surface area contributed by atoms with Gasteiger partial charge in [0.15, 0.2) is 0 Å². The normalized spacial score (nSPS) is 16.3. The molecule has 1 aromatic rings. The van der Waals surface area contributed by atoms with Crippen molar-refractivity contribution >= 4 is 23.4 Å². The Bertz CT molecular complexity index is 401. The highest BCUT2D eigenvalue weighted by atomic mass is 32.2. The summed E-state index contributed by atoms with van der Waals surface area (Å²) in [4.78, 5) is 12.7. The lowest BCUT2D eigenvalue weighted by Crippen LogP contribution is -2.14. The van der Waals surface area contributed by atoms with Gasteiger partial charge in [-0.25, -0.2) is 0 Å². The number of nitrogens with one attached hydrogen (secondary N) is 1. The summed E-state index contributed by atoms with van der Waals surface area (Å²) in [6.07, 6.45) is 1.60. The van der Waals surface area contributed by atoms with Crippen LogP contribution in [0, 0.1) is 13.8 Å². The van der Waals surface area contributed by atoms with Crippen LogP contribution in [-0.2, 0) is 4.79 Å². The average Bonchev–Trinajstić information content (AvgIpc) is 2.11. The van der Waals surface area contributed by atoms with Crippen LogP contribution in [0.25, 0.3) is 0 Å². The molecule has 1 amide bonds. The van der Waals surface area contributed by atoms with Crippen LogP contribution < -0.4 is 5.32 Å². The van der Waals surface area contributed by atoms with E-state index in [0.717, 1.165) is 17.9 Å². The Balaban J connectivity index is 2.44. The number of anilines is 1. The summed E-state index contributed by atoms with van der Waals surface area (Å²) in [5.74, 6) is 1.17. The zero-order valence-corrected chi connectivity index (χ0v) is 9.91. The lowest BCUT2D eigenvalue weighted by atomic mass is 10.1. The minimum atomic E-state index is 0.140. The van der Waals surface area contributed by atoms with Crippen LogP contribution >= 0.6 is 11.8 Å². The number of thioether (sulfide) groups is 1. The van der Waals surface area contributed by atoms with Crippen LogP contribution in [0.15, 0.2) is 17.0 Å². The molecule has 1 aliphatic heterocycles. The zero-order valence-electron chi connectivity index (χ0n) is 9.09. The van der Waals surface area contributed by atoms with Crippen molar-refractivity contribution in [1.82, 2.24) is 0 Å². The highest BCUT2D eigenvalue weighted by Gasteiger charge is 2.13. The van der Waals surface area contributed by atoms with Gasteiger partial charge in [-0.05, 0) is 43.2 Å². The SMILES string of the molecule is Cc1cc(C)c2c(c1)NC(=O)CCCS2. The maximum atomic E-state index is 11.5. The molecule has 0 saturated heterocycles. The summed E-state index contributed by atoms with van der Waals surface area (Å²) >= 11 is 1.85. The Morgan fingerprint density at radius 1 is 1.33 bits per heavy atom. The number of carbonyl (C=O) groups excluding carboxylic acids is 1. The first-order valence-electron chi connectivity index (χ1n) is 5.21. The van der Waals surface area contributed by atoms with Gasteiger partial charge in [0, 0.05) is 11.3 Å². The maximum absolute atomic E-state index is 11.5. The molecule has 3 heteroatoms. The standard InChI is InChI=1S/C12H15NOS/c1-8-6-9(2)12-10(7-8)13-11(14)4-3-5-15-12/h6-7H,3-5H2,1-2H3,(H,13,14).